The van der Waals surface area contributed by atoms with Gasteiger partial charge in [-0.2, -0.15) is 0 Å². The van der Waals surface area contributed by atoms with E-state index >= 15 is 0 Å². The predicted molar refractivity (Wildman–Crippen MR) is 102 cm³/mol. The Morgan fingerprint density at radius 1 is 1.32 bits per heavy atom. The van der Waals surface area contributed by atoms with Crippen molar-refractivity contribution in [2.24, 2.45) is 4.99 Å². The van der Waals surface area contributed by atoms with Crippen molar-refractivity contribution >= 4 is 23.0 Å². The lowest BCUT2D eigenvalue weighted by Gasteiger charge is -2.32. The van der Waals surface area contributed by atoms with Gasteiger partial charge in [0.1, 0.15) is 5.82 Å². The Bertz CT molecular complexity index is 852. The molecule has 1 aliphatic carbocycles. The number of hydrogen-bond acceptors (Lipinski definition) is 3. The maximum atomic E-state index is 14.0. The minimum Gasteiger partial charge on any atom is -0.373 e. The maximum absolute atomic E-state index is 14.0. The second-order valence-electron chi connectivity index (χ2n) is 7.17. The van der Waals surface area contributed by atoms with Crippen LogP contribution >= 0.6 is 11.6 Å². The lowest BCUT2D eigenvalue weighted by atomic mass is 9.89. The molecule has 1 N–H and O–H groups in total. The van der Waals surface area contributed by atoms with Gasteiger partial charge in [0.15, 0.2) is 0 Å². The SMILES string of the molecule is CN1CC=C(C2=NC3=CC(Cl)=CCC3(C)Nc3ccc(F)cc32)CC1. The van der Waals surface area contributed by atoms with Crippen molar-refractivity contribution in [3.8, 4) is 0 Å². The van der Waals surface area contributed by atoms with Gasteiger partial charge < -0.3 is 10.2 Å². The van der Waals surface area contributed by atoms with Gasteiger partial charge in [0.25, 0.3) is 0 Å². The third-order valence-electron chi connectivity index (χ3n) is 5.14. The number of likely N-dealkylation sites (N-methyl/N-ethyl adjacent to an activating group) is 1. The standard InChI is InChI=1S/C20H21ClFN3/c1-20-8-5-14(21)11-18(20)23-19(13-6-9-25(2)10-7-13)16-12-15(22)3-4-17(16)24-20/h3-6,11-12,24H,7-10H2,1-2H3. The van der Waals surface area contributed by atoms with Crippen LogP contribution in [0.5, 0.6) is 0 Å². The molecule has 0 saturated carbocycles. The summed E-state index contributed by atoms with van der Waals surface area (Å²) in [5.74, 6) is -0.248. The van der Waals surface area contributed by atoms with E-state index in [1.54, 1.807) is 6.07 Å². The highest BCUT2D eigenvalue weighted by Crippen LogP contribution is 2.39. The van der Waals surface area contributed by atoms with Gasteiger partial charge in [-0.1, -0.05) is 23.8 Å². The summed E-state index contributed by atoms with van der Waals surface area (Å²) in [5.41, 5.74) is 4.31. The number of nitrogens with zero attached hydrogens (tertiary/aromatic N) is 2. The lowest BCUT2D eigenvalue weighted by molar-refractivity contribution is 0.362. The summed E-state index contributed by atoms with van der Waals surface area (Å²) in [7, 11) is 2.10. The van der Waals surface area contributed by atoms with Crippen LogP contribution in [0.3, 0.4) is 0 Å². The van der Waals surface area contributed by atoms with E-state index in [0.29, 0.717) is 5.03 Å². The van der Waals surface area contributed by atoms with E-state index in [-0.39, 0.29) is 11.4 Å². The maximum Gasteiger partial charge on any atom is 0.124 e. The molecule has 3 nitrogen and oxygen atoms in total. The first kappa shape index (κ1) is 16.6. The topological polar surface area (TPSA) is 27.6 Å². The fourth-order valence-corrected chi connectivity index (χ4v) is 3.74. The molecule has 1 unspecified atom stereocenters. The van der Waals surface area contributed by atoms with Gasteiger partial charge in [0, 0.05) is 29.4 Å². The Balaban J connectivity index is 1.90. The molecular formula is C20H21ClFN3. The van der Waals surface area contributed by atoms with Crippen molar-refractivity contribution in [1.29, 1.82) is 0 Å². The molecule has 0 fully saturated rings. The van der Waals surface area contributed by atoms with Gasteiger partial charge in [-0.25, -0.2) is 9.38 Å². The number of benzene rings is 1. The van der Waals surface area contributed by atoms with Gasteiger partial charge in [0.05, 0.1) is 16.9 Å². The van der Waals surface area contributed by atoms with Crippen molar-refractivity contribution in [3.05, 3.63) is 64.1 Å². The molecule has 2 heterocycles. The van der Waals surface area contributed by atoms with Crippen LogP contribution in [0, 0.1) is 5.82 Å². The molecule has 0 bridgehead atoms. The fraction of sp³-hybridized carbons (Fsp3) is 0.350. The Kier molecular flexibility index (Phi) is 4.05. The highest BCUT2D eigenvalue weighted by Gasteiger charge is 2.35. The average Bonchev–Trinajstić information content (AvgIpc) is 2.70. The summed E-state index contributed by atoms with van der Waals surface area (Å²) in [6.07, 6.45) is 7.75. The van der Waals surface area contributed by atoms with Gasteiger partial charge in [-0.05, 0) is 56.7 Å². The van der Waals surface area contributed by atoms with E-state index in [9.17, 15) is 4.39 Å². The molecule has 0 amide bonds. The molecule has 3 aliphatic rings. The quantitative estimate of drug-likeness (QED) is 0.803. The van der Waals surface area contributed by atoms with E-state index in [0.717, 1.165) is 48.6 Å². The van der Waals surface area contributed by atoms with Crippen LogP contribution in [-0.2, 0) is 0 Å². The molecule has 4 rings (SSSR count). The third kappa shape index (κ3) is 3.05. The van der Waals surface area contributed by atoms with Crippen LogP contribution in [0.25, 0.3) is 0 Å². The minimum absolute atomic E-state index is 0.248. The van der Waals surface area contributed by atoms with Gasteiger partial charge in [-0.3, -0.25) is 0 Å². The molecular weight excluding hydrogens is 337 g/mol. The largest absolute Gasteiger partial charge is 0.373 e. The Morgan fingerprint density at radius 2 is 2.16 bits per heavy atom. The zero-order valence-electron chi connectivity index (χ0n) is 14.4. The second kappa shape index (κ2) is 6.11. The van der Waals surface area contributed by atoms with Crippen molar-refractivity contribution in [2.45, 2.75) is 25.3 Å². The van der Waals surface area contributed by atoms with Crippen molar-refractivity contribution < 1.29 is 4.39 Å². The number of hydrogen-bond donors (Lipinski definition) is 1. The Morgan fingerprint density at radius 3 is 2.92 bits per heavy atom. The fourth-order valence-electron chi connectivity index (χ4n) is 3.56. The Labute approximate surface area is 152 Å². The summed E-state index contributed by atoms with van der Waals surface area (Å²) in [6, 6.07) is 4.89. The second-order valence-corrected chi connectivity index (χ2v) is 7.61. The lowest BCUT2D eigenvalue weighted by Crippen LogP contribution is -2.36. The third-order valence-corrected chi connectivity index (χ3v) is 5.40. The van der Waals surface area contributed by atoms with Crippen LogP contribution in [0.2, 0.25) is 0 Å². The molecule has 0 spiro atoms. The first-order valence-corrected chi connectivity index (χ1v) is 8.95. The highest BCUT2D eigenvalue weighted by molar-refractivity contribution is 6.31. The van der Waals surface area contributed by atoms with Gasteiger partial charge in [-0.15, -0.1) is 0 Å². The van der Waals surface area contributed by atoms with E-state index < -0.39 is 0 Å². The average molecular weight is 358 g/mol. The van der Waals surface area contributed by atoms with Crippen molar-refractivity contribution in [3.63, 3.8) is 0 Å². The van der Waals surface area contributed by atoms with Crippen LogP contribution < -0.4 is 5.32 Å². The summed E-state index contributed by atoms with van der Waals surface area (Å²) in [5, 5.41) is 4.27. The van der Waals surface area contributed by atoms with Crippen molar-refractivity contribution in [1.82, 2.24) is 4.90 Å². The number of aliphatic imine (C=N–C) groups is 1. The summed E-state index contributed by atoms with van der Waals surface area (Å²) < 4.78 is 14.0. The number of fused-ring (bicyclic) bond motifs is 2. The number of halogens is 2. The first-order valence-electron chi connectivity index (χ1n) is 8.57. The normalized spacial score (nSPS) is 26.2. The molecule has 1 atom stereocenters. The summed E-state index contributed by atoms with van der Waals surface area (Å²) in [4.78, 5) is 7.25. The molecule has 0 aromatic heterocycles. The Hall–Kier alpha value is -1.91. The summed E-state index contributed by atoms with van der Waals surface area (Å²) >= 11 is 6.25. The molecule has 1 aromatic carbocycles. The highest BCUT2D eigenvalue weighted by atomic mass is 35.5. The van der Waals surface area contributed by atoms with E-state index in [2.05, 4.69) is 30.3 Å². The number of anilines is 1. The zero-order valence-corrected chi connectivity index (χ0v) is 15.2. The zero-order chi connectivity index (χ0) is 17.6. The van der Waals surface area contributed by atoms with E-state index in [4.69, 9.17) is 16.6 Å². The molecule has 0 saturated heterocycles. The van der Waals surface area contributed by atoms with E-state index in [1.165, 1.54) is 11.6 Å². The van der Waals surface area contributed by atoms with E-state index in [1.807, 2.05) is 18.2 Å². The number of allylic oxidation sites excluding steroid dienone is 2. The van der Waals surface area contributed by atoms with Gasteiger partial charge in [0.2, 0.25) is 0 Å². The first-order chi connectivity index (χ1) is 11.9. The predicted octanol–water partition coefficient (Wildman–Crippen LogP) is 4.47. The van der Waals surface area contributed by atoms with Crippen LogP contribution in [0.4, 0.5) is 10.1 Å². The van der Waals surface area contributed by atoms with Crippen LogP contribution in [0.15, 0.2) is 57.7 Å². The molecule has 5 heteroatoms. The molecule has 0 radical (unpaired) electrons. The minimum atomic E-state index is -0.348. The monoisotopic (exact) mass is 357 g/mol. The number of nitrogens with one attached hydrogen (secondary N) is 1. The number of rotatable bonds is 1. The van der Waals surface area contributed by atoms with Crippen LogP contribution in [0.1, 0.15) is 25.3 Å². The smallest absolute Gasteiger partial charge is 0.124 e. The van der Waals surface area contributed by atoms with Crippen LogP contribution in [-0.4, -0.2) is 36.3 Å². The molecule has 1 aromatic rings. The summed E-state index contributed by atoms with van der Waals surface area (Å²) in [6.45, 7) is 3.96. The molecule has 25 heavy (non-hydrogen) atoms. The molecule has 130 valence electrons. The molecule has 2 aliphatic heterocycles. The van der Waals surface area contributed by atoms with Gasteiger partial charge >= 0.3 is 0 Å². The van der Waals surface area contributed by atoms with Crippen molar-refractivity contribution in [2.75, 3.05) is 25.5 Å².